The second kappa shape index (κ2) is 6.13. The van der Waals surface area contributed by atoms with Crippen LogP contribution in [0.4, 0.5) is 0 Å². The number of furan rings is 1. The zero-order valence-corrected chi connectivity index (χ0v) is 13.4. The van der Waals surface area contributed by atoms with Crippen molar-refractivity contribution in [3.63, 3.8) is 0 Å². The number of nitrogens with two attached hydrogens (primary N) is 1. The quantitative estimate of drug-likeness (QED) is 0.752. The number of para-hydroxylation sites is 1. The third kappa shape index (κ3) is 2.80. The number of nitrogens with zero attached hydrogens (tertiary/aromatic N) is 2. The van der Waals surface area contributed by atoms with Crippen molar-refractivity contribution in [1.29, 1.82) is 0 Å². The van der Waals surface area contributed by atoms with Gasteiger partial charge in [-0.25, -0.2) is 0 Å². The number of aryl methyl sites for hydroxylation is 1. The first-order chi connectivity index (χ1) is 11.7. The molecule has 4 rings (SSSR count). The normalized spacial score (nSPS) is 17.1. The first-order valence-corrected chi connectivity index (χ1v) is 8.23. The molecule has 0 radical (unpaired) electrons. The first kappa shape index (κ1) is 15.0. The monoisotopic (exact) mass is 324 g/mol. The van der Waals surface area contributed by atoms with E-state index in [2.05, 4.69) is 22.5 Å². The minimum atomic E-state index is -0.396. The van der Waals surface area contributed by atoms with E-state index in [4.69, 9.17) is 10.2 Å². The summed E-state index contributed by atoms with van der Waals surface area (Å²) in [7, 11) is 0. The minimum absolute atomic E-state index is 0.396. The molecule has 0 fully saturated rings. The molecule has 124 valence electrons. The molecule has 24 heavy (non-hydrogen) atoms. The van der Waals surface area contributed by atoms with Gasteiger partial charge in [0.15, 0.2) is 0 Å². The summed E-state index contributed by atoms with van der Waals surface area (Å²) in [6.07, 6.45) is 3.45. The van der Waals surface area contributed by atoms with E-state index in [1.165, 1.54) is 0 Å². The molecule has 6 nitrogen and oxygen atoms in total. The molecule has 1 aliphatic rings. The second-order valence-electron chi connectivity index (χ2n) is 6.33. The van der Waals surface area contributed by atoms with Gasteiger partial charge < -0.3 is 15.5 Å². The molecule has 1 amide bonds. The Morgan fingerprint density at radius 3 is 3.12 bits per heavy atom. The summed E-state index contributed by atoms with van der Waals surface area (Å²) < 4.78 is 7.71. The van der Waals surface area contributed by atoms with Gasteiger partial charge >= 0.3 is 0 Å². The number of nitrogens with one attached hydrogen (secondary N) is 1. The Bertz CT molecular complexity index is 847. The maximum absolute atomic E-state index is 11.5. The molecule has 0 saturated carbocycles. The molecule has 0 unspecified atom stereocenters. The van der Waals surface area contributed by atoms with Crippen molar-refractivity contribution in [2.75, 3.05) is 6.54 Å². The fourth-order valence-corrected chi connectivity index (χ4v) is 3.40. The lowest BCUT2D eigenvalue weighted by atomic mass is 9.94. The number of hydrogen-bond acceptors (Lipinski definition) is 4. The van der Waals surface area contributed by atoms with Crippen molar-refractivity contribution in [2.45, 2.75) is 25.9 Å². The van der Waals surface area contributed by atoms with Crippen LogP contribution in [-0.2, 0) is 19.5 Å². The highest BCUT2D eigenvalue weighted by atomic mass is 16.3. The number of carbonyl (C=O) groups excluding carboxylic acids is 1. The summed E-state index contributed by atoms with van der Waals surface area (Å²) in [5.74, 6) is 1.01. The van der Waals surface area contributed by atoms with Crippen LogP contribution in [0.15, 0.2) is 40.9 Å². The van der Waals surface area contributed by atoms with E-state index in [9.17, 15) is 4.79 Å². The summed E-state index contributed by atoms with van der Waals surface area (Å²) in [6.45, 7) is 2.41. The van der Waals surface area contributed by atoms with E-state index in [1.807, 2.05) is 22.9 Å². The lowest BCUT2D eigenvalue weighted by Gasteiger charge is -2.24. The first-order valence-electron chi connectivity index (χ1n) is 8.23. The Hall–Kier alpha value is -2.60. The van der Waals surface area contributed by atoms with E-state index in [1.54, 1.807) is 6.20 Å². The van der Waals surface area contributed by atoms with Crippen LogP contribution in [0.1, 0.15) is 28.2 Å². The Kier molecular flexibility index (Phi) is 3.82. The van der Waals surface area contributed by atoms with Crippen LogP contribution in [0.25, 0.3) is 11.0 Å². The molecule has 0 aliphatic carbocycles. The van der Waals surface area contributed by atoms with Crippen molar-refractivity contribution in [3.8, 4) is 0 Å². The standard InChI is InChI=1S/C18H20N4O2/c19-18(23)15-11-21-22-6-5-12(7-16(15)22)9-20-10-14-8-13-3-1-2-4-17(13)24-14/h1-4,8,11-12,20H,5-7,9-10H2,(H2,19,23)/t12-/m1/s1. The highest BCUT2D eigenvalue weighted by molar-refractivity contribution is 5.93. The van der Waals surface area contributed by atoms with Gasteiger partial charge in [-0.3, -0.25) is 9.48 Å². The molecular weight excluding hydrogens is 304 g/mol. The van der Waals surface area contributed by atoms with Gasteiger partial charge in [-0.05, 0) is 37.4 Å². The minimum Gasteiger partial charge on any atom is -0.460 e. The van der Waals surface area contributed by atoms with Crippen LogP contribution in [0.5, 0.6) is 0 Å². The Labute approximate surface area is 139 Å². The number of carbonyl (C=O) groups is 1. The van der Waals surface area contributed by atoms with Crippen molar-refractivity contribution in [1.82, 2.24) is 15.1 Å². The van der Waals surface area contributed by atoms with Gasteiger partial charge in [0.2, 0.25) is 0 Å². The maximum Gasteiger partial charge on any atom is 0.252 e. The van der Waals surface area contributed by atoms with Gasteiger partial charge in [0.05, 0.1) is 24.0 Å². The summed E-state index contributed by atoms with van der Waals surface area (Å²) in [6, 6.07) is 10.1. The number of fused-ring (bicyclic) bond motifs is 2. The average molecular weight is 324 g/mol. The third-order valence-corrected chi connectivity index (χ3v) is 4.65. The van der Waals surface area contributed by atoms with E-state index in [0.29, 0.717) is 18.0 Å². The Morgan fingerprint density at radius 2 is 2.29 bits per heavy atom. The number of hydrogen-bond donors (Lipinski definition) is 2. The molecule has 3 aromatic rings. The van der Waals surface area contributed by atoms with Crippen LogP contribution in [0.3, 0.4) is 0 Å². The average Bonchev–Trinajstić information content (AvgIpc) is 3.17. The molecule has 0 saturated heterocycles. The molecule has 3 N–H and O–H groups in total. The smallest absolute Gasteiger partial charge is 0.252 e. The van der Waals surface area contributed by atoms with E-state index >= 15 is 0 Å². The van der Waals surface area contributed by atoms with E-state index in [-0.39, 0.29) is 0 Å². The molecular formula is C18H20N4O2. The summed E-state index contributed by atoms with van der Waals surface area (Å²) in [5.41, 5.74) is 7.85. The molecule has 3 heterocycles. The predicted octanol–water partition coefficient (Wildman–Crippen LogP) is 2.08. The van der Waals surface area contributed by atoms with Gasteiger partial charge in [-0.2, -0.15) is 5.10 Å². The molecule has 0 spiro atoms. The van der Waals surface area contributed by atoms with Crippen molar-refractivity contribution >= 4 is 16.9 Å². The van der Waals surface area contributed by atoms with Gasteiger partial charge in [0.1, 0.15) is 11.3 Å². The van der Waals surface area contributed by atoms with Crippen LogP contribution >= 0.6 is 0 Å². The van der Waals surface area contributed by atoms with E-state index in [0.717, 1.165) is 48.4 Å². The van der Waals surface area contributed by atoms with Gasteiger partial charge in [0.25, 0.3) is 5.91 Å². The van der Waals surface area contributed by atoms with Gasteiger partial charge in [-0.15, -0.1) is 0 Å². The lowest BCUT2D eigenvalue weighted by molar-refractivity contribution is 0.0998. The van der Waals surface area contributed by atoms with Crippen LogP contribution in [0, 0.1) is 5.92 Å². The summed E-state index contributed by atoms with van der Waals surface area (Å²) in [5, 5.41) is 8.84. The van der Waals surface area contributed by atoms with Crippen molar-refractivity contribution in [2.24, 2.45) is 11.7 Å². The number of aromatic nitrogens is 2. The SMILES string of the molecule is NC(=O)c1cnn2c1C[C@H](CNCc1cc3ccccc3o1)CC2. The highest BCUT2D eigenvalue weighted by Crippen LogP contribution is 2.23. The largest absolute Gasteiger partial charge is 0.460 e. The highest BCUT2D eigenvalue weighted by Gasteiger charge is 2.24. The zero-order valence-electron chi connectivity index (χ0n) is 13.4. The topological polar surface area (TPSA) is 86.1 Å². The fraction of sp³-hybridized carbons (Fsp3) is 0.333. The fourth-order valence-electron chi connectivity index (χ4n) is 3.40. The predicted molar refractivity (Wildman–Crippen MR) is 90.5 cm³/mol. The van der Waals surface area contributed by atoms with Crippen LogP contribution < -0.4 is 11.1 Å². The molecule has 1 aromatic carbocycles. The Balaban J connectivity index is 1.36. The molecule has 1 aliphatic heterocycles. The van der Waals surface area contributed by atoms with Crippen LogP contribution in [-0.4, -0.2) is 22.2 Å². The molecule has 2 aromatic heterocycles. The third-order valence-electron chi connectivity index (χ3n) is 4.65. The molecule has 1 atom stereocenters. The summed E-state index contributed by atoms with van der Waals surface area (Å²) in [4.78, 5) is 11.5. The lowest BCUT2D eigenvalue weighted by Crippen LogP contribution is -2.30. The number of benzene rings is 1. The summed E-state index contributed by atoms with van der Waals surface area (Å²) >= 11 is 0. The number of rotatable bonds is 5. The number of primary amides is 1. The van der Waals surface area contributed by atoms with E-state index < -0.39 is 5.91 Å². The second-order valence-corrected chi connectivity index (χ2v) is 6.33. The van der Waals surface area contributed by atoms with Crippen LogP contribution in [0.2, 0.25) is 0 Å². The molecule has 6 heteroatoms. The van der Waals surface area contributed by atoms with Gasteiger partial charge in [-0.1, -0.05) is 18.2 Å². The maximum atomic E-state index is 11.5. The van der Waals surface area contributed by atoms with Crippen molar-refractivity contribution < 1.29 is 9.21 Å². The Morgan fingerprint density at radius 1 is 1.42 bits per heavy atom. The van der Waals surface area contributed by atoms with Crippen molar-refractivity contribution in [3.05, 3.63) is 53.5 Å². The zero-order chi connectivity index (χ0) is 16.5. The molecule has 0 bridgehead atoms. The van der Waals surface area contributed by atoms with Gasteiger partial charge in [0, 0.05) is 11.9 Å². The number of amides is 1.